The van der Waals surface area contributed by atoms with Crippen LogP contribution in [0.4, 0.5) is 11.4 Å². The normalized spacial score (nSPS) is 17.5. The summed E-state index contributed by atoms with van der Waals surface area (Å²) in [5.74, 6) is -0.103. The monoisotopic (exact) mass is 351 g/mol. The smallest absolute Gasteiger partial charge is 0.238 e. The molecule has 1 unspecified atom stereocenters. The molecule has 0 bridgehead atoms. The van der Waals surface area contributed by atoms with Gasteiger partial charge in [0.25, 0.3) is 0 Å². The van der Waals surface area contributed by atoms with Gasteiger partial charge in [0.15, 0.2) is 0 Å². The molecule has 1 saturated heterocycles. The Balaban J connectivity index is 1.50. The van der Waals surface area contributed by atoms with Gasteiger partial charge in [-0.25, -0.2) is 0 Å². The average molecular weight is 351 g/mol. The lowest BCUT2D eigenvalue weighted by atomic mass is 9.97. The van der Waals surface area contributed by atoms with Crippen LogP contribution in [0.2, 0.25) is 0 Å². The number of anilines is 2. The first-order chi connectivity index (χ1) is 12.6. The van der Waals surface area contributed by atoms with E-state index in [1.54, 1.807) is 0 Å². The summed E-state index contributed by atoms with van der Waals surface area (Å²) in [6.45, 7) is 3.78. The molecule has 26 heavy (non-hydrogen) atoms. The zero-order valence-electron chi connectivity index (χ0n) is 15.1. The molecule has 0 aliphatic carbocycles. The lowest BCUT2D eigenvalue weighted by Gasteiger charge is -2.31. The van der Waals surface area contributed by atoms with E-state index in [0.29, 0.717) is 13.1 Å². The fraction of sp³-hybridized carbons (Fsp3) is 0.333. The standard InChI is InChI=1S/C21H25N3O2/c1-16-9-11-19(12-10-16)22-20(25)15-24-13-5-6-17(14-24)21(26)23-18-7-3-2-4-8-18/h2-4,7-12,17H,5-6,13-15H2,1H3,(H,22,25)(H,23,26). The van der Waals surface area contributed by atoms with Gasteiger partial charge in [-0.3, -0.25) is 14.5 Å². The highest BCUT2D eigenvalue weighted by Gasteiger charge is 2.26. The summed E-state index contributed by atoms with van der Waals surface area (Å²) in [7, 11) is 0. The zero-order chi connectivity index (χ0) is 18.4. The number of piperidine rings is 1. The summed E-state index contributed by atoms with van der Waals surface area (Å²) < 4.78 is 0. The largest absolute Gasteiger partial charge is 0.326 e. The fourth-order valence-corrected chi connectivity index (χ4v) is 3.22. The van der Waals surface area contributed by atoms with Crippen molar-refractivity contribution in [1.82, 2.24) is 4.90 Å². The molecular formula is C21H25N3O2. The second-order valence-electron chi connectivity index (χ2n) is 6.84. The Hall–Kier alpha value is -2.66. The maximum Gasteiger partial charge on any atom is 0.238 e. The summed E-state index contributed by atoms with van der Waals surface area (Å²) in [6.07, 6.45) is 1.78. The molecule has 1 atom stereocenters. The van der Waals surface area contributed by atoms with E-state index in [1.165, 1.54) is 0 Å². The molecule has 5 heteroatoms. The van der Waals surface area contributed by atoms with Gasteiger partial charge < -0.3 is 10.6 Å². The molecule has 5 nitrogen and oxygen atoms in total. The van der Waals surface area contributed by atoms with Gasteiger partial charge in [0, 0.05) is 17.9 Å². The molecular weight excluding hydrogens is 326 g/mol. The number of para-hydroxylation sites is 1. The van der Waals surface area contributed by atoms with Crippen molar-refractivity contribution in [3.05, 3.63) is 60.2 Å². The van der Waals surface area contributed by atoms with E-state index >= 15 is 0 Å². The van der Waals surface area contributed by atoms with E-state index in [4.69, 9.17) is 0 Å². The molecule has 136 valence electrons. The van der Waals surface area contributed by atoms with Crippen LogP contribution in [-0.4, -0.2) is 36.3 Å². The van der Waals surface area contributed by atoms with Crippen molar-refractivity contribution < 1.29 is 9.59 Å². The molecule has 2 aromatic carbocycles. The Morgan fingerprint density at radius 3 is 2.42 bits per heavy atom. The molecule has 0 aromatic heterocycles. The molecule has 0 saturated carbocycles. The molecule has 0 radical (unpaired) electrons. The number of likely N-dealkylation sites (tertiary alicyclic amines) is 1. The van der Waals surface area contributed by atoms with Crippen molar-refractivity contribution in [3.8, 4) is 0 Å². The minimum atomic E-state index is -0.0869. The third kappa shape index (κ3) is 5.17. The maximum absolute atomic E-state index is 12.5. The summed E-state index contributed by atoms with van der Waals surface area (Å²) in [4.78, 5) is 26.8. The van der Waals surface area contributed by atoms with Gasteiger partial charge in [-0.15, -0.1) is 0 Å². The molecule has 1 heterocycles. The number of amides is 2. The van der Waals surface area contributed by atoms with Crippen molar-refractivity contribution in [3.63, 3.8) is 0 Å². The van der Waals surface area contributed by atoms with Gasteiger partial charge in [-0.1, -0.05) is 35.9 Å². The number of hydrogen-bond donors (Lipinski definition) is 2. The van der Waals surface area contributed by atoms with Crippen molar-refractivity contribution in [2.75, 3.05) is 30.3 Å². The molecule has 2 N–H and O–H groups in total. The van der Waals surface area contributed by atoms with E-state index in [-0.39, 0.29) is 17.7 Å². The van der Waals surface area contributed by atoms with Crippen molar-refractivity contribution in [1.29, 1.82) is 0 Å². The predicted octanol–water partition coefficient (Wildman–Crippen LogP) is 3.28. The predicted molar refractivity (Wildman–Crippen MR) is 104 cm³/mol. The molecule has 1 fully saturated rings. The minimum Gasteiger partial charge on any atom is -0.326 e. The number of benzene rings is 2. The highest BCUT2D eigenvalue weighted by atomic mass is 16.2. The number of nitrogens with zero attached hydrogens (tertiary/aromatic N) is 1. The Morgan fingerprint density at radius 1 is 1.00 bits per heavy atom. The van der Waals surface area contributed by atoms with E-state index in [9.17, 15) is 9.59 Å². The summed E-state index contributed by atoms with van der Waals surface area (Å²) in [6, 6.07) is 17.2. The van der Waals surface area contributed by atoms with Crippen LogP contribution in [0.1, 0.15) is 18.4 Å². The molecule has 2 amide bonds. The summed E-state index contributed by atoms with van der Waals surface area (Å²) in [5, 5.41) is 5.88. The van der Waals surface area contributed by atoms with Crippen molar-refractivity contribution in [2.45, 2.75) is 19.8 Å². The quantitative estimate of drug-likeness (QED) is 0.869. The summed E-state index contributed by atoms with van der Waals surface area (Å²) >= 11 is 0. The number of carbonyl (C=O) groups excluding carboxylic acids is 2. The second-order valence-corrected chi connectivity index (χ2v) is 6.84. The van der Waals surface area contributed by atoms with Crippen LogP contribution in [0, 0.1) is 12.8 Å². The Labute approximate surface area is 154 Å². The molecule has 0 spiro atoms. The van der Waals surface area contributed by atoms with Gasteiger partial charge in [-0.2, -0.15) is 0 Å². The highest BCUT2D eigenvalue weighted by Crippen LogP contribution is 2.19. The van der Waals surface area contributed by atoms with Crippen LogP contribution >= 0.6 is 0 Å². The molecule has 3 rings (SSSR count). The average Bonchev–Trinajstić information content (AvgIpc) is 2.64. The highest BCUT2D eigenvalue weighted by molar-refractivity contribution is 5.93. The van der Waals surface area contributed by atoms with Crippen LogP contribution in [0.5, 0.6) is 0 Å². The van der Waals surface area contributed by atoms with Crippen LogP contribution in [0.3, 0.4) is 0 Å². The molecule has 1 aliphatic heterocycles. The lowest BCUT2D eigenvalue weighted by Crippen LogP contribution is -2.43. The van der Waals surface area contributed by atoms with Crippen molar-refractivity contribution in [2.24, 2.45) is 5.92 Å². The Morgan fingerprint density at radius 2 is 1.69 bits per heavy atom. The zero-order valence-corrected chi connectivity index (χ0v) is 15.1. The number of nitrogens with one attached hydrogen (secondary N) is 2. The van der Waals surface area contributed by atoms with Crippen molar-refractivity contribution >= 4 is 23.2 Å². The first-order valence-corrected chi connectivity index (χ1v) is 9.05. The maximum atomic E-state index is 12.5. The minimum absolute atomic E-state index is 0.0276. The van der Waals surface area contributed by atoms with Gasteiger partial charge in [-0.05, 0) is 50.6 Å². The Kier molecular flexibility index (Phi) is 6.02. The van der Waals surface area contributed by atoms with Gasteiger partial charge in [0.1, 0.15) is 0 Å². The number of carbonyl (C=O) groups is 2. The van der Waals surface area contributed by atoms with Crippen LogP contribution in [-0.2, 0) is 9.59 Å². The first kappa shape index (κ1) is 18.1. The first-order valence-electron chi connectivity index (χ1n) is 9.05. The van der Waals surface area contributed by atoms with Gasteiger partial charge in [0.2, 0.25) is 11.8 Å². The van der Waals surface area contributed by atoms with Crippen LogP contribution < -0.4 is 10.6 Å². The summed E-state index contributed by atoms with van der Waals surface area (Å²) in [5.41, 5.74) is 2.77. The van der Waals surface area contributed by atoms with Gasteiger partial charge >= 0.3 is 0 Å². The number of hydrogen-bond acceptors (Lipinski definition) is 3. The van der Waals surface area contributed by atoms with Crippen LogP contribution in [0.15, 0.2) is 54.6 Å². The Bertz CT molecular complexity index is 744. The molecule has 1 aliphatic rings. The van der Waals surface area contributed by atoms with E-state index < -0.39 is 0 Å². The van der Waals surface area contributed by atoms with Gasteiger partial charge in [0.05, 0.1) is 12.5 Å². The topological polar surface area (TPSA) is 61.4 Å². The number of rotatable bonds is 5. The lowest BCUT2D eigenvalue weighted by molar-refractivity contribution is -0.123. The fourth-order valence-electron chi connectivity index (χ4n) is 3.22. The molecule has 2 aromatic rings. The second kappa shape index (κ2) is 8.63. The third-order valence-electron chi connectivity index (χ3n) is 4.62. The van der Waals surface area contributed by atoms with E-state index in [0.717, 1.165) is 36.3 Å². The van der Waals surface area contributed by atoms with Crippen LogP contribution in [0.25, 0.3) is 0 Å². The number of aryl methyl sites for hydroxylation is 1. The van der Waals surface area contributed by atoms with E-state index in [2.05, 4.69) is 15.5 Å². The SMILES string of the molecule is Cc1ccc(NC(=O)CN2CCCC(C(=O)Nc3ccccc3)C2)cc1. The third-order valence-corrected chi connectivity index (χ3v) is 4.62. The van der Waals surface area contributed by atoms with E-state index in [1.807, 2.05) is 61.5 Å².